The van der Waals surface area contributed by atoms with E-state index in [9.17, 15) is 5.11 Å². The summed E-state index contributed by atoms with van der Waals surface area (Å²) in [6.07, 6.45) is 12.8. The summed E-state index contributed by atoms with van der Waals surface area (Å²) in [5.74, 6) is 4.82. The third-order valence-corrected chi connectivity index (χ3v) is 8.03. The van der Waals surface area contributed by atoms with Gasteiger partial charge in [-0.25, -0.2) is 0 Å². The Bertz CT molecular complexity index is 373. The molecule has 2 heteroatoms. The molecule has 0 aromatic heterocycles. The van der Waals surface area contributed by atoms with Crippen molar-refractivity contribution in [1.29, 1.82) is 0 Å². The van der Waals surface area contributed by atoms with Crippen molar-refractivity contribution in [3.05, 3.63) is 0 Å². The van der Waals surface area contributed by atoms with Crippen LogP contribution in [0.25, 0.3) is 0 Å². The highest BCUT2D eigenvalue weighted by Crippen LogP contribution is 2.61. The number of hydrogen-bond donors (Lipinski definition) is 1. The van der Waals surface area contributed by atoms with Gasteiger partial charge in [0, 0.05) is 19.6 Å². The van der Waals surface area contributed by atoms with E-state index in [4.69, 9.17) is 0 Å². The molecule has 118 valence electrons. The zero-order valence-corrected chi connectivity index (χ0v) is 13.3. The highest BCUT2D eigenvalue weighted by atomic mass is 16.3. The van der Waals surface area contributed by atoms with Crippen LogP contribution < -0.4 is 0 Å². The molecule has 3 unspecified atom stereocenters. The predicted molar refractivity (Wildman–Crippen MR) is 83.9 cm³/mol. The number of nitrogens with zero attached hydrogens (tertiary/aromatic N) is 1. The second-order valence-electron chi connectivity index (χ2n) is 9.47. The van der Waals surface area contributed by atoms with Crippen LogP contribution in [-0.4, -0.2) is 35.7 Å². The fourth-order valence-corrected chi connectivity index (χ4v) is 7.51. The van der Waals surface area contributed by atoms with Crippen LogP contribution in [0.5, 0.6) is 0 Å². The smallest absolute Gasteiger partial charge is 0.0723 e. The van der Waals surface area contributed by atoms with E-state index >= 15 is 0 Å². The lowest BCUT2D eigenvalue weighted by Gasteiger charge is -2.58. The van der Waals surface area contributed by atoms with Crippen LogP contribution in [0.4, 0.5) is 0 Å². The van der Waals surface area contributed by atoms with Gasteiger partial charge in [-0.1, -0.05) is 6.42 Å². The molecule has 2 nitrogen and oxygen atoms in total. The SMILES string of the molecule is OC(CN1CC2CCCC2C1)C12CC3CC(CC(C3)C1)C2. The number of hydrogen-bond acceptors (Lipinski definition) is 2. The Hall–Kier alpha value is -0.0800. The van der Waals surface area contributed by atoms with Crippen LogP contribution in [0.15, 0.2) is 0 Å². The van der Waals surface area contributed by atoms with E-state index in [0.29, 0.717) is 5.41 Å². The van der Waals surface area contributed by atoms with Crippen molar-refractivity contribution in [3.63, 3.8) is 0 Å². The van der Waals surface area contributed by atoms with Crippen molar-refractivity contribution in [2.45, 2.75) is 63.9 Å². The molecule has 0 aromatic carbocycles. The Morgan fingerprint density at radius 3 is 1.95 bits per heavy atom. The first kappa shape index (κ1) is 13.4. The maximum atomic E-state index is 11.1. The van der Waals surface area contributed by atoms with E-state index in [2.05, 4.69) is 4.90 Å². The molecule has 1 aliphatic heterocycles. The molecule has 0 spiro atoms. The summed E-state index contributed by atoms with van der Waals surface area (Å²) in [7, 11) is 0. The normalized spacial score (nSPS) is 53.3. The number of likely N-dealkylation sites (tertiary alicyclic amines) is 1. The zero-order chi connectivity index (χ0) is 14.0. The Morgan fingerprint density at radius 2 is 1.43 bits per heavy atom. The molecule has 1 saturated heterocycles. The lowest BCUT2D eigenvalue weighted by molar-refractivity contribution is -0.126. The Kier molecular flexibility index (Phi) is 3.00. The highest BCUT2D eigenvalue weighted by molar-refractivity contribution is 5.05. The molecule has 4 bridgehead atoms. The molecule has 5 saturated carbocycles. The summed E-state index contributed by atoms with van der Waals surface area (Å²) in [5.41, 5.74) is 0.326. The van der Waals surface area contributed by atoms with Gasteiger partial charge in [0.2, 0.25) is 0 Å². The minimum absolute atomic E-state index is 0.0373. The summed E-state index contributed by atoms with van der Waals surface area (Å²) in [6.45, 7) is 3.56. The second-order valence-corrected chi connectivity index (χ2v) is 9.47. The first-order valence-electron chi connectivity index (χ1n) is 9.61. The molecule has 21 heavy (non-hydrogen) atoms. The van der Waals surface area contributed by atoms with Crippen LogP contribution in [0.1, 0.15) is 57.8 Å². The summed E-state index contributed by atoms with van der Waals surface area (Å²) < 4.78 is 0. The summed E-state index contributed by atoms with van der Waals surface area (Å²) >= 11 is 0. The fraction of sp³-hybridized carbons (Fsp3) is 1.00. The van der Waals surface area contributed by atoms with Crippen molar-refractivity contribution in [2.24, 2.45) is 35.0 Å². The van der Waals surface area contributed by atoms with Crippen molar-refractivity contribution < 1.29 is 5.11 Å². The van der Waals surface area contributed by atoms with E-state index in [1.807, 2.05) is 0 Å². The highest BCUT2D eigenvalue weighted by Gasteiger charge is 2.54. The molecule has 6 fully saturated rings. The number of aliphatic hydroxyl groups excluding tert-OH is 1. The average Bonchev–Trinajstić information content (AvgIpc) is 2.97. The van der Waals surface area contributed by atoms with Gasteiger partial charge >= 0.3 is 0 Å². The van der Waals surface area contributed by atoms with Gasteiger partial charge in [0.15, 0.2) is 0 Å². The Labute approximate surface area is 129 Å². The predicted octanol–water partition coefficient (Wildman–Crippen LogP) is 3.30. The molecular weight excluding hydrogens is 258 g/mol. The van der Waals surface area contributed by atoms with E-state index in [1.165, 1.54) is 70.9 Å². The van der Waals surface area contributed by atoms with Crippen LogP contribution in [0, 0.1) is 35.0 Å². The quantitative estimate of drug-likeness (QED) is 0.862. The zero-order valence-electron chi connectivity index (χ0n) is 13.3. The molecule has 3 atom stereocenters. The van der Waals surface area contributed by atoms with Gasteiger partial charge in [-0.2, -0.15) is 0 Å². The first-order chi connectivity index (χ1) is 10.2. The molecule has 0 amide bonds. The lowest BCUT2D eigenvalue weighted by Crippen LogP contribution is -2.54. The molecule has 6 rings (SSSR count). The van der Waals surface area contributed by atoms with Crippen LogP contribution in [-0.2, 0) is 0 Å². The largest absolute Gasteiger partial charge is 0.391 e. The average molecular weight is 289 g/mol. The summed E-state index contributed by atoms with van der Waals surface area (Å²) in [5, 5.41) is 11.1. The third kappa shape index (κ3) is 2.12. The molecule has 1 N–H and O–H groups in total. The van der Waals surface area contributed by atoms with Gasteiger partial charge in [-0.05, 0) is 86.4 Å². The van der Waals surface area contributed by atoms with Gasteiger partial charge in [0.1, 0.15) is 0 Å². The molecule has 6 aliphatic rings. The molecule has 5 aliphatic carbocycles. The Morgan fingerprint density at radius 1 is 0.905 bits per heavy atom. The van der Waals surface area contributed by atoms with Gasteiger partial charge in [-0.15, -0.1) is 0 Å². The molecule has 0 radical (unpaired) electrons. The van der Waals surface area contributed by atoms with E-state index in [0.717, 1.165) is 36.1 Å². The third-order valence-electron chi connectivity index (χ3n) is 8.03. The van der Waals surface area contributed by atoms with Crippen LogP contribution in [0.2, 0.25) is 0 Å². The topological polar surface area (TPSA) is 23.5 Å². The second kappa shape index (κ2) is 4.71. The fourth-order valence-electron chi connectivity index (χ4n) is 7.51. The summed E-state index contributed by atoms with van der Waals surface area (Å²) in [6, 6.07) is 0. The number of aliphatic hydroxyl groups is 1. The maximum absolute atomic E-state index is 11.1. The standard InChI is InChI=1S/C19H31NO/c21-18(12-20-10-16-2-1-3-17(16)11-20)19-7-13-4-14(8-19)6-15(5-13)9-19/h13-18,21H,1-12H2. The molecule has 1 heterocycles. The van der Waals surface area contributed by atoms with Gasteiger partial charge < -0.3 is 10.0 Å². The van der Waals surface area contributed by atoms with Gasteiger partial charge in [0.05, 0.1) is 6.10 Å². The number of fused-ring (bicyclic) bond motifs is 1. The van der Waals surface area contributed by atoms with Crippen molar-refractivity contribution in [3.8, 4) is 0 Å². The summed E-state index contributed by atoms with van der Waals surface area (Å²) in [4.78, 5) is 2.62. The minimum atomic E-state index is -0.0373. The monoisotopic (exact) mass is 289 g/mol. The van der Waals surface area contributed by atoms with Crippen molar-refractivity contribution >= 4 is 0 Å². The number of β-amino-alcohol motifs (C(OH)–C–C–N with tert-alkyl or cyclic N) is 1. The maximum Gasteiger partial charge on any atom is 0.0723 e. The van der Waals surface area contributed by atoms with E-state index < -0.39 is 0 Å². The van der Waals surface area contributed by atoms with E-state index in [1.54, 1.807) is 0 Å². The van der Waals surface area contributed by atoms with Crippen molar-refractivity contribution in [2.75, 3.05) is 19.6 Å². The van der Waals surface area contributed by atoms with Gasteiger partial charge in [0.25, 0.3) is 0 Å². The van der Waals surface area contributed by atoms with Crippen LogP contribution in [0.3, 0.4) is 0 Å². The van der Waals surface area contributed by atoms with Crippen LogP contribution >= 0.6 is 0 Å². The first-order valence-corrected chi connectivity index (χ1v) is 9.61. The molecule has 0 aromatic rings. The Balaban J connectivity index is 1.27. The minimum Gasteiger partial charge on any atom is -0.391 e. The van der Waals surface area contributed by atoms with Crippen molar-refractivity contribution in [1.82, 2.24) is 4.90 Å². The van der Waals surface area contributed by atoms with E-state index in [-0.39, 0.29) is 6.10 Å². The molecular formula is C19H31NO. The number of rotatable bonds is 3. The lowest BCUT2D eigenvalue weighted by atomic mass is 9.48. The van der Waals surface area contributed by atoms with Gasteiger partial charge in [-0.3, -0.25) is 0 Å².